The molecule has 100 valence electrons. The molecule has 19 heavy (non-hydrogen) atoms. The van der Waals surface area contributed by atoms with Crippen molar-refractivity contribution in [3.8, 4) is 0 Å². The molecule has 2 aliphatic heterocycles. The zero-order chi connectivity index (χ0) is 13.4. The molecule has 2 N–H and O–H groups in total. The highest BCUT2D eigenvalue weighted by Crippen LogP contribution is 2.32. The Morgan fingerprint density at radius 2 is 2.00 bits per heavy atom. The Kier molecular flexibility index (Phi) is 3.29. The molecule has 0 saturated carbocycles. The van der Waals surface area contributed by atoms with Gasteiger partial charge in [0.25, 0.3) is 0 Å². The normalized spacial score (nSPS) is 19.1. The molecule has 3 rings (SSSR count). The molecule has 0 spiro atoms. The lowest BCUT2D eigenvalue weighted by Crippen LogP contribution is -2.32. The van der Waals surface area contributed by atoms with Crippen LogP contribution in [0.5, 0.6) is 0 Å². The summed E-state index contributed by atoms with van der Waals surface area (Å²) in [5, 5.41) is 6.42. The monoisotopic (exact) mass is 278 g/mol. The molecular formula is C14H15ClN2O2. The van der Waals surface area contributed by atoms with Gasteiger partial charge >= 0.3 is 0 Å². The fraction of sp³-hybridized carbons (Fsp3) is 0.429. The summed E-state index contributed by atoms with van der Waals surface area (Å²) in [5.41, 5.74) is 2.16. The summed E-state index contributed by atoms with van der Waals surface area (Å²) in [6.07, 6.45) is 2.03. The first kappa shape index (κ1) is 12.6. The minimum atomic E-state index is -0.0440. The number of carbonyl (C=O) groups is 2. The average molecular weight is 279 g/mol. The largest absolute Gasteiger partial charge is 0.325 e. The molecule has 1 aromatic carbocycles. The lowest BCUT2D eigenvalue weighted by atomic mass is 9.89. The van der Waals surface area contributed by atoms with Crippen LogP contribution in [0.25, 0.3) is 0 Å². The average Bonchev–Trinajstić information content (AvgIpc) is 2.77. The lowest BCUT2D eigenvalue weighted by Gasteiger charge is -2.22. The number of anilines is 1. The maximum Gasteiger partial charge on any atom is 0.228 e. The molecule has 0 unspecified atom stereocenters. The van der Waals surface area contributed by atoms with Crippen LogP contribution in [0.1, 0.15) is 28.8 Å². The molecule has 2 aliphatic rings. The van der Waals surface area contributed by atoms with E-state index in [4.69, 9.17) is 11.6 Å². The third kappa shape index (κ3) is 2.38. The second-order valence-corrected chi connectivity index (χ2v) is 5.51. The van der Waals surface area contributed by atoms with E-state index in [1.807, 2.05) is 0 Å². The number of piperidine rings is 1. The van der Waals surface area contributed by atoms with E-state index in [9.17, 15) is 9.59 Å². The Hall–Kier alpha value is -1.39. The lowest BCUT2D eigenvalue weighted by molar-refractivity contribution is -0.115. The molecule has 1 amide bonds. The van der Waals surface area contributed by atoms with Crippen molar-refractivity contribution >= 4 is 29.0 Å². The number of hydrogen-bond donors (Lipinski definition) is 2. The number of nitrogens with one attached hydrogen (secondary N) is 2. The fourth-order valence-electron chi connectivity index (χ4n) is 2.74. The smallest absolute Gasteiger partial charge is 0.228 e. The first-order valence-corrected chi connectivity index (χ1v) is 6.90. The number of halogens is 1. The van der Waals surface area contributed by atoms with Gasteiger partial charge < -0.3 is 10.6 Å². The molecular weight excluding hydrogens is 264 g/mol. The molecule has 5 heteroatoms. The van der Waals surface area contributed by atoms with E-state index in [-0.39, 0.29) is 17.6 Å². The zero-order valence-corrected chi connectivity index (χ0v) is 11.2. The SMILES string of the molecule is O=C1Cc2cc(C(=O)C3CCNCC3)c(Cl)cc2N1. The molecule has 4 nitrogen and oxygen atoms in total. The number of Topliss-reactive ketones (excluding diaryl/α,β-unsaturated/α-hetero) is 1. The molecule has 1 aromatic rings. The van der Waals surface area contributed by atoms with Crippen LogP contribution in [0.15, 0.2) is 12.1 Å². The van der Waals surface area contributed by atoms with Gasteiger partial charge in [-0.1, -0.05) is 11.6 Å². The van der Waals surface area contributed by atoms with Gasteiger partial charge in [0.2, 0.25) is 5.91 Å². The second kappa shape index (κ2) is 4.94. The Labute approximate surface area is 116 Å². The van der Waals surface area contributed by atoms with Crippen molar-refractivity contribution in [2.75, 3.05) is 18.4 Å². The van der Waals surface area contributed by atoms with Crippen LogP contribution in [0.2, 0.25) is 5.02 Å². The number of carbonyl (C=O) groups excluding carboxylic acids is 2. The van der Waals surface area contributed by atoms with Crippen LogP contribution < -0.4 is 10.6 Å². The standard InChI is InChI=1S/C14H15ClN2O2/c15-11-7-12-9(6-13(18)17-12)5-10(11)14(19)8-1-3-16-4-2-8/h5,7-8,16H,1-4,6H2,(H,17,18). The third-order valence-electron chi connectivity index (χ3n) is 3.79. The number of fused-ring (bicyclic) bond motifs is 1. The van der Waals surface area contributed by atoms with Crippen molar-refractivity contribution in [1.29, 1.82) is 0 Å². The number of amides is 1. The van der Waals surface area contributed by atoms with Crippen LogP contribution >= 0.6 is 11.6 Å². The third-order valence-corrected chi connectivity index (χ3v) is 4.11. The predicted octanol–water partition coefficient (Wildman–Crippen LogP) is 2.02. The van der Waals surface area contributed by atoms with Gasteiger partial charge in [0, 0.05) is 17.2 Å². The van der Waals surface area contributed by atoms with Gasteiger partial charge in [-0.25, -0.2) is 0 Å². The molecule has 1 saturated heterocycles. The predicted molar refractivity (Wildman–Crippen MR) is 73.7 cm³/mol. The topological polar surface area (TPSA) is 58.2 Å². The summed E-state index contributed by atoms with van der Waals surface area (Å²) >= 11 is 6.18. The van der Waals surface area contributed by atoms with E-state index in [0.717, 1.165) is 37.2 Å². The van der Waals surface area contributed by atoms with E-state index in [2.05, 4.69) is 10.6 Å². The summed E-state index contributed by atoms with van der Waals surface area (Å²) in [5.74, 6) is 0.105. The molecule has 0 bridgehead atoms. The van der Waals surface area contributed by atoms with Gasteiger partial charge in [0.15, 0.2) is 5.78 Å². The number of benzene rings is 1. The second-order valence-electron chi connectivity index (χ2n) is 5.10. The minimum absolute atomic E-state index is 0.0434. The van der Waals surface area contributed by atoms with Crippen molar-refractivity contribution in [3.63, 3.8) is 0 Å². The van der Waals surface area contributed by atoms with Crippen molar-refractivity contribution < 1.29 is 9.59 Å². The first-order chi connectivity index (χ1) is 9.15. The Balaban J connectivity index is 1.90. The van der Waals surface area contributed by atoms with Gasteiger partial charge in [-0.2, -0.15) is 0 Å². The van der Waals surface area contributed by atoms with E-state index in [1.54, 1.807) is 12.1 Å². The van der Waals surface area contributed by atoms with Crippen molar-refractivity contribution in [2.45, 2.75) is 19.3 Å². The van der Waals surface area contributed by atoms with Gasteiger partial charge in [-0.05, 0) is 43.6 Å². The van der Waals surface area contributed by atoms with E-state index in [0.29, 0.717) is 17.0 Å². The highest BCUT2D eigenvalue weighted by Gasteiger charge is 2.27. The molecule has 0 aromatic heterocycles. The van der Waals surface area contributed by atoms with E-state index >= 15 is 0 Å². The summed E-state index contributed by atoms with van der Waals surface area (Å²) in [6, 6.07) is 3.47. The number of rotatable bonds is 2. The van der Waals surface area contributed by atoms with Gasteiger partial charge in [-0.15, -0.1) is 0 Å². The number of ketones is 1. The molecule has 0 aliphatic carbocycles. The van der Waals surface area contributed by atoms with Gasteiger partial charge in [0.05, 0.1) is 11.4 Å². The first-order valence-electron chi connectivity index (χ1n) is 6.52. The van der Waals surface area contributed by atoms with Crippen molar-refractivity contribution in [3.05, 3.63) is 28.3 Å². The highest BCUT2D eigenvalue weighted by atomic mass is 35.5. The van der Waals surface area contributed by atoms with Gasteiger partial charge in [0.1, 0.15) is 0 Å². The fourth-order valence-corrected chi connectivity index (χ4v) is 3.00. The van der Waals surface area contributed by atoms with Crippen LogP contribution in [0.3, 0.4) is 0 Å². The quantitative estimate of drug-likeness (QED) is 0.814. The zero-order valence-electron chi connectivity index (χ0n) is 10.5. The maximum atomic E-state index is 12.5. The summed E-state index contributed by atoms with van der Waals surface area (Å²) in [6.45, 7) is 1.75. The minimum Gasteiger partial charge on any atom is -0.325 e. The van der Waals surface area contributed by atoms with Crippen LogP contribution in [0.4, 0.5) is 5.69 Å². The highest BCUT2D eigenvalue weighted by molar-refractivity contribution is 6.34. The number of hydrogen-bond acceptors (Lipinski definition) is 3. The van der Waals surface area contributed by atoms with Crippen LogP contribution in [-0.4, -0.2) is 24.8 Å². The summed E-state index contributed by atoms with van der Waals surface area (Å²) < 4.78 is 0. The summed E-state index contributed by atoms with van der Waals surface area (Å²) in [7, 11) is 0. The Morgan fingerprint density at radius 1 is 1.26 bits per heavy atom. The Morgan fingerprint density at radius 3 is 2.74 bits per heavy atom. The van der Waals surface area contributed by atoms with Crippen molar-refractivity contribution in [2.24, 2.45) is 5.92 Å². The van der Waals surface area contributed by atoms with Crippen LogP contribution in [0, 0.1) is 5.92 Å². The Bertz CT molecular complexity index is 551. The van der Waals surface area contributed by atoms with Crippen molar-refractivity contribution in [1.82, 2.24) is 5.32 Å². The van der Waals surface area contributed by atoms with Crippen LogP contribution in [-0.2, 0) is 11.2 Å². The molecule has 1 fully saturated rings. The van der Waals surface area contributed by atoms with Gasteiger partial charge in [-0.3, -0.25) is 9.59 Å². The summed E-state index contributed by atoms with van der Waals surface area (Å²) in [4.78, 5) is 23.8. The molecule has 0 radical (unpaired) electrons. The van der Waals surface area contributed by atoms with E-state index in [1.165, 1.54) is 0 Å². The molecule has 2 heterocycles. The molecule has 0 atom stereocenters. The van der Waals surface area contributed by atoms with E-state index < -0.39 is 0 Å². The maximum absolute atomic E-state index is 12.5.